The van der Waals surface area contributed by atoms with E-state index < -0.39 is 17.8 Å². The van der Waals surface area contributed by atoms with Gasteiger partial charge in [-0.2, -0.15) is 0 Å². The number of nitrogens with one attached hydrogen (secondary N) is 3. The van der Waals surface area contributed by atoms with Crippen molar-refractivity contribution in [3.63, 3.8) is 0 Å². The van der Waals surface area contributed by atoms with Crippen molar-refractivity contribution in [3.05, 3.63) is 0 Å². The van der Waals surface area contributed by atoms with Crippen LogP contribution in [0.3, 0.4) is 0 Å². The first-order valence-electron chi connectivity index (χ1n) is 4.69. The van der Waals surface area contributed by atoms with Gasteiger partial charge in [0.2, 0.25) is 5.84 Å². The number of esters is 2. The van der Waals surface area contributed by atoms with Crippen LogP contribution in [-0.2, 0) is 23.9 Å². The van der Waals surface area contributed by atoms with Crippen LogP contribution in [-0.4, -0.2) is 50.3 Å². The van der Waals surface area contributed by atoms with Crippen LogP contribution in [0.15, 0.2) is 10.2 Å². The van der Waals surface area contributed by atoms with E-state index in [2.05, 4.69) is 35.8 Å². The fourth-order valence-corrected chi connectivity index (χ4v) is 0.866. The van der Waals surface area contributed by atoms with Crippen molar-refractivity contribution in [2.75, 3.05) is 20.8 Å². The summed E-state index contributed by atoms with van der Waals surface area (Å²) in [6, 6.07) is 0. The number of rotatable bonds is 4. The van der Waals surface area contributed by atoms with E-state index in [1.807, 2.05) is 0 Å². The van der Waals surface area contributed by atoms with Crippen molar-refractivity contribution in [2.45, 2.75) is 0 Å². The molecule has 0 aliphatic carbocycles. The van der Waals surface area contributed by atoms with Gasteiger partial charge in [0.05, 0.1) is 14.2 Å². The van der Waals surface area contributed by atoms with Gasteiger partial charge in [0.1, 0.15) is 6.54 Å². The Morgan fingerprint density at radius 2 is 1.72 bits per heavy atom. The van der Waals surface area contributed by atoms with E-state index >= 15 is 0 Å². The van der Waals surface area contributed by atoms with Gasteiger partial charge in [-0.15, -0.1) is 10.2 Å². The molecule has 3 N–H and O–H groups in total. The monoisotopic (exact) mass is 257 g/mol. The third kappa shape index (κ3) is 3.43. The SMILES string of the molecule is COC(=O)CNC(=O)C1=NNC(C(=O)OC)=NN1. The molecule has 0 aromatic carbocycles. The van der Waals surface area contributed by atoms with Gasteiger partial charge in [0.15, 0.2) is 0 Å². The average molecular weight is 257 g/mol. The van der Waals surface area contributed by atoms with E-state index in [9.17, 15) is 14.4 Å². The third-order valence-corrected chi connectivity index (χ3v) is 1.76. The van der Waals surface area contributed by atoms with E-state index in [0.717, 1.165) is 0 Å². The van der Waals surface area contributed by atoms with Gasteiger partial charge in [0.25, 0.3) is 11.7 Å². The summed E-state index contributed by atoms with van der Waals surface area (Å²) in [7, 11) is 2.37. The second kappa shape index (κ2) is 6.18. The Hall–Kier alpha value is -2.65. The molecule has 0 radical (unpaired) electrons. The van der Waals surface area contributed by atoms with E-state index in [4.69, 9.17) is 0 Å². The van der Waals surface area contributed by atoms with Crippen molar-refractivity contribution in [1.82, 2.24) is 16.2 Å². The van der Waals surface area contributed by atoms with Crippen LogP contribution in [0.2, 0.25) is 0 Å². The molecule has 10 nitrogen and oxygen atoms in total. The molecule has 0 aromatic rings. The summed E-state index contributed by atoms with van der Waals surface area (Å²) in [4.78, 5) is 33.2. The summed E-state index contributed by atoms with van der Waals surface area (Å²) in [5, 5.41) is 9.30. The molecule has 10 heteroatoms. The fourth-order valence-electron chi connectivity index (χ4n) is 0.866. The minimum Gasteiger partial charge on any atom is -0.468 e. The van der Waals surface area contributed by atoms with E-state index in [-0.39, 0.29) is 18.2 Å². The molecular formula is C8H11N5O5. The molecule has 0 saturated heterocycles. The zero-order chi connectivity index (χ0) is 13.5. The molecule has 0 bridgehead atoms. The third-order valence-electron chi connectivity index (χ3n) is 1.76. The lowest BCUT2D eigenvalue weighted by atomic mass is 10.5. The van der Waals surface area contributed by atoms with Gasteiger partial charge in [-0.05, 0) is 0 Å². The summed E-state index contributed by atoms with van der Waals surface area (Å²) in [5.41, 5.74) is 4.46. The number of methoxy groups -OCH3 is 2. The number of amides is 1. The van der Waals surface area contributed by atoms with Gasteiger partial charge >= 0.3 is 11.9 Å². The fraction of sp³-hybridized carbons (Fsp3) is 0.375. The molecule has 1 rings (SSSR count). The zero-order valence-corrected chi connectivity index (χ0v) is 9.64. The number of nitrogens with zero attached hydrogens (tertiary/aromatic N) is 2. The standard InChI is InChI=1S/C8H11N5O5/c1-17-4(14)3-9-7(15)5-10-12-6(13-11-5)8(16)18-2/h3H2,1-2H3,(H,9,15)(H,10,11)(H,12,13). The maximum atomic E-state index is 11.4. The molecular weight excluding hydrogens is 246 g/mol. The molecule has 1 amide bonds. The molecule has 0 aromatic heterocycles. The second-order valence-electron chi connectivity index (χ2n) is 2.89. The van der Waals surface area contributed by atoms with Crippen LogP contribution in [0.4, 0.5) is 0 Å². The highest BCUT2D eigenvalue weighted by molar-refractivity contribution is 6.41. The van der Waals surface area contributed by atoms with Crippen molar-refractivity contribution >= 4 is 29.5 Å². The lowest BCUT2D eigenvalue weighted by Gasteiger charge is -2.12. The van der Waals surface area contributed by atoms with Crippen LogP contribution in [0.5, 0.6) is 0 Å². The lowest BCUT2D eigenvalue weighted by molar-refractivity contribution is -0.140. The van der Waals surface area contributed by atoms with E-state index in [0.29, 0.717) is 0 Å². The minimum absolute atomic E-state index is 0.193. The Morgan fingerprint density at radius 3 is 2.22 bits per heavy atom. The topological polar surface area (TPSA) is 130 Å². The Bertz CT molecular complexity index is 430. The van der Waals surface area contributed by atoms with Crippen molar-refractivity contribution in [3.8, 4) is 0 Å². The predicted molar refractivity (Wildman–Crippen MR) is 58.2 cm³/mol. The minimum atomic E-state index is -0.736. The largest absolute Gasteiger partial charge is 0.468 e. The zero-order valence-electron chi connectivity index (χ0n) is 9.64. The van der Waals surface area contributed by atoms with E-state index in [1.165, 1.54) is 14.2 Å². The van der Waals surface area contributed by atoms with E-state index in [1.54, 1.807) is 0 Å². The molecule has 1 aliphatic heterocycles. The lowest BCUT2D eigenvalue weighted by Crippen LogP contribution is -2.46. The number of hydrogen-bond donors (Lipinski definition) is 3. The first-order chi connectivity index (χ1) is 8.58. The Kier molecular flexibility index (Phi) is 4.60. The second-order valence-corrected chi connectivity index (χ2v) is 2.89. The highest BCUT2D eigenvalue weighted by Crippen LogP contribution is 1.87. The Balaban J connectivity index is 2.47. The molecule has 0 unspecified atom stereocenters. The molecule has 0 fully saturated rings. The van der Waals surface area contributed by atoms with Gasteiger partial charge in [0, 0.05) is 0 Å². The maximum absolute atomic E-state index is 11.4. The van der Waals surface area contributed by atoms with Crippen molar-refractivity contribution in [1.29, 1.82) is 0 Å². The number of ether oxygens (including phenoxy) is 2. The Morgan fingerprint density at radius 1 is 1.11 bits per heavy atom. The van der Waals surface area contributed by atoms with Crippen molar-refractivity contribution < 1.29 is 23.9 Å². The van der Waals surface area contributed by atoms with Crippen LogP contribution >= 0.6 is 0 Å². The van der Waals surface area contributed by atoms with Crippen LogP contribution < -0.4 is 16.2 Å². The highest BCUT2D eigenvalue weighted by atomic mass is 16.5. The summed E-state index contributed by atoms with van der Waals surface area (Å²) in [6.45, 7) is -0.302. The molecule has 0 spiro atoms. The smallest absolute Gasteiger partial charge is 0.377 e. The quantitative estimate of drug-likeness (QED) is 0.466. The molecule has 0 saturated carbocycles. The first kappa shape index (κ1) is 13.4. The van der Waals surface area contributed by atoms with Gasteiger partial charge in [-0.1, -0.05) is 0 Å². The summed E-state index contributed by atoms with van der Waals surface area (Å²) < 4.78 is 8.71. The van der Waals surface area contributed by atoms with Crippen LogP contribution in [0.25, 0.3) is 0 Å². The normalized spacial score (nSPS) is 13.2. The Labute approximate surface area is 101 Å². The summed E-state index contributed by atoms with van der Waals surface area (Å²) in [6.07, 6.45) is 0. The molecule has 0 atom stereocenters. The summed E-state index contributed by atoms with van der Waals surface area (Å²) >= 11 is 0. The molecule has 1 heterocycles. The number of hydrazone groups is 2. The average Bonchev–Trinajstić information content (AvgIpc) is 2.43. The summed E-state index contributed by atoms with van der Waals surface area (Å²) in [5.74, 6) is -2.42. The molecule has 98 valence electrons. The molecule has 1 aliphatic rings. The van der Waals surface area contributed by atoms with Gasteiger partial charge in [-0.3, -0.25) is 20.4 Å². The number of carbonyl (C=O) groups is 3. The van der Waals surface area contributed by atoms with Crippen LogP contribution in [0.1, 0.15) is 0 Å². The highest BCUT2D eigenvalue weighted by Gasteiger charge is 2.20. The maximum Gasteiger partial charge on any atom is 0.377 e. The first-order valence-corrected chi connectivity index (χ1v) is 4.69. The number of carbonyl (C=O) groups excluding carboxylic acids is 3. The molecule has 18 heavy (non-hydrogen) atoms. The van der Waals surface area contributed by atoms with Crippen LogP contribution in [0, 0.1) is 0 Å². The number of hydrogen-bond acceptors (Lipinski definition) is 9. The number of amidine groups is 2. The van der Waals surface area contributed by atoms with Crippen molar-refractivity contribution in [2.24, 2.45) is 10.2 Å². The predicted octanol–water partition coefficient (Wildman–Crippen LogP) is -2.73. The van der Waals surface area contributed by atoms with Gasteiger partial charge in [-0.25, -0.2) is 4.79 Å². The van der Waals surface area contributed by atoms with Gasteiger partial charge < -0.3 is 14.8 Å².